The van der Waals surface area contributed by atoms with Crippen LogP contribution >= 0.6 is 10.7 Å². The molecular weight excluding hydrogens is 455 g/mol. The van der Waals surface area contributed by atoms with Crippen LogP contribution in [0, 0.1) is 6.92 Å². The topological polar surface area (TPSA) is 82.4 Å². The third-order valence-corrected chi connectivity index (χ3v) is 8.02. The van der Waals surface area contributed by atoms with E-state index in [1.54, 1.807) is 6.92 Å². The average molecular weight is 475 g/mol. The number of hydrogen-bond donors (Lipinski definition) is 0. The van der Waals surface area contributed by atoms with Gasteiger partial charge in [-0.15, -0.1) is 0 Å². The Bertz CT molecular complexity index is 1260. The Balaban J connectivity index is 2.28. The number of hydrogen-bond acceptors (Lipinski definition) is 5. The van der Waals surface area contributed by atoms with Gasteiger partial charge in [0.25, 0.3) is 19.1 Å². The Labute approximate surface area is 174 Å². The highest BCUT2D eigenvalue weighted by Gasteiger charge is 2.58. The highest BCUT2D eigenvalue weighted by Crippen LogP contribution is 2.45. The predicted molar refractivity (Wildman–Crippen MR) is 99.1 cm³/mol. The first-order valence-electron chi connectivity index (χ1n) is 9.64. The number of methoxy groups -OCH3 is 1. The molecule has 12 heteroatoms. The second-order valence-corrected chi connectivity index (χ2v) is 11.1. The molecule has 29 heavy (non-hydrogen) atoms. The van der Waals surface area contributed by atoms with E-state index >= 15 is 0 Å². The largest absolute Gasteiger partial charge is 0.417 e. The van der Waals surface area contributed by atoms with E-state index in [1.165, 1.54) is 24.3 Å². The number of benzene rings is 1. The van der Waals surface area contributed by atoms with Gasteiger partial charge in [0.2, 0.25) is 0 Å². The maximum absolute atomic E-state index is 14.0. The van der Waals surface area contributed by atoms with Crippen molar-refractivity contribution >= 4 is 29.8 Å². The molecule has 0 fully saturated rings. The van der Waals surface area contributed by atoms with Crippen LogP contribution in [0.25, 0.3) is 0 Å². The number of fused-ring (bicyclic) bond motifs is 1. The predicted octanol–water partition coefficient (Wildman–Crippen LogP) is 3.40. The molecule has 0 amide bonds. The summed E-state index contributed by atoms with van der Waals surface area (Å²) in [5, 5.41) is 0. The fourth-order valence-electron chi connectivity index (χ4n) is 3.31. The number of alkyl halides is 3. The normalized spacial score (nSPS) is 22.4. The molecule has 0 radical (unpaired) electrons. The maximum atomic E-state index is 14.0. The summed E-state index contributed by atoms with van der Waals surface area (Å²) in [5.74, 6) is 0. The van der Waals surface area contributed by atoms with E-state index in [1.807, 2.05) is 0 Å². The molecule has 0 bridgehead atoms. The zero-order valence-corrected chi connectivity index (χ0v) is 17.2. The van der Waals surface area contributed by atoms with Crippen LogP contribution < -0.4 is 0 Å². The van der Waals surface area contributed by atoms with Crippen LogP contribution in [0.5, 0.6) is 0 Å². The number of halogens is 4. The lowest BCUT2D eigenvalue weighted by Gasteiger charge is -2.38. The Hall–Kier alpha value is -1.56. The maximum Gasteiger partial charge on any atom is 0.417 e. The molecular formula is C17H17ClF3NO5S2. The summed E-state index contributed by atoms with van der Waals surface area (Å²) in [6.45, 7) is 1.69. The molecule has 3 rings (SSSR count). The lowest BCUT2D eigenvalue weighted by Crippen LogP contribution is -2.51. The lowest BCUT2D eigenvalue weighted by molar-refractivity contribution is -0.273. The third-order valence-electron chi connectivity index (χ3n) is 4.93. The smallest absolute Gasteiger partial charge is 0.368 e. The zero-order valence-electron chi connectivity index (χ0n) is 17.8. The van der Waals surface area contributed by atoms with Gasteiger partial charge in [-0.3, -0.25) is 0 Å². The highest BCUT2D eigenvalue weighted by molar-refractivity contribution is 8.13. The summed E-state index contributed by atoms with van der Waals surface area (Å²) < 4.78 is 119. The number of rotatable bonds is 4. The second kappa shape index (κ2) is 7.00. The van der Waals surface area contributed by atoms with Gasteiger partial charge in [0, 0.05) is 36.0 Å². The van der Waals surface area contributed by atoms with E-state index in [4.69, 9.17) is 14.8 Å². The molecule has 1 aliphatic rings. The quantitative estimate of drug-likeness (QED) is 0.634. The molecule has 2 aromatic rings. The van der Waals surface area contributed by atoms with Crippen LogP contribution in [0.2, 0.25) is 0 Å². The van der Waals surface area contributed by atoms with Gasteiger partial charge in [-0.2, -0.15) is 13.2 Å². The third kappa shape index (κ3) is 3.69. The van der Waals surface area contributed by atoms with Crippen LogP contribution in [0.3, 0.4) is 0 Å². The zero-order chi connectivity index (χ0) is 24.3. The van der Waals surface area contributed by atoms with Crippen molar-refractivity contribution in [2.75, 3.05) is 7.04 Å². The van der Waals surface area contributed by atoms with Crippen molar-refractivity contribution in [2.24, 2.45) is 0 Å². The Morgan fingerprint density at radius 3 is 2.34 bits per heavy atom. The fourth-order valence-corrected chi connectivity index (χ4v) is 5.94. The van der Waals surface area contributed by atoms with E-state index in [-0.39, 0.29) is 10.5 Å². The minimum Gasteiger partial charge on any atom is -0.368 e. The van der Waals surface area contributed by atoms with E-state index in [9.17, 15) is 30.0 Å². The van der Waals surface area contributed by atoms with Crippen LogP contribution in [0.15, 0.2) is 40.3 Å². The molecule has 160 valence electrons. The van der Waals surface area contributed by atoms with Crippen LogP contribution in [-0.2, 0) is 36.7 Å². The first-order chi connectivity index (χ1) is 14.4. The highest BCUT2D eigenvalue weighted by atomic mass is 35.7. The molecule has 0 saturated carbocycles. The molecule has 0 saturated heterocycles. The molecule has 1 aromatic heterocycles. The molecule has 1 atom stereocenters. The molecule has 1 aliphatic carbocycles. The van der Waals surface area contributed by atoms with Gasteiger partial charge in [-0.1, -0.05) is 17.7 Å². The first-order valence-corrected chi connectivity index (χ1v) is 11.9. The van der Waals surface area contributed by atoms with Crippen LogP contribution in [-0.4, -0.2) is 39.6 Å². The van der Waals surface area contributed by atoms with Crippen molar-refractivity contribution in [3.8, 4) is 0 Å². The summed E-state index contributed by atoms with van der Waals surface area (Å²) in [6, 6.07) is 5.34. The van der Waals surface area contributed by atoms with Gasteiger partial charge in [0.1, 0.15) is 4.90 Å². The van der Waals surface area contributed by atoms with E-state index in [2.05, 4.69) is 4.74 Å². The van der Waals surface area contributed by atoms with Gasteiger partial charge in [-0.25, -0.2) is 20.8 Å². The van der Waals surface area contributed by atoms with Gasteiger partial charge in [-0.05, 0) is 37.5 Å². The van der Waals surface area contributed by atoms with Crippen molar-refractivity contribution in [1.82, 2.24) is 3.97 Å². The monoisotopic (exact) mass is 474 g/mol. The lowest BCUT2D eigenvalue weighted by atomic mass is 9.83. The molecule has 0 aliphatic heterocycles. The van der Waals surface area contributed by atoms with Crippen molar-refractivity contribution in [3.05, 3.63) is 47.3 Å². The second-order valence-electron chi connectivity index (χ2n) is 6.74. The minimum atomic E-state index is -5.19. The van der Waals surface area contributed by atoms with Gasteiger partial charge in [0.15, 0.2) is 5.60 Å². The standard InChI is InChI=1S/C17H17ClF3NO5S2/c1-11-3-5-12(6-4-11)29(25,26)22-10-15(28(18,23)24)13-7-8-16(27-2,9-14(13)22)17(19,20)21/h3-6,10H,7-9H2,1-2H3/t16-/m0/s1/i2D3. The number of nitrogens with zero attached hydrogens (tertiary/aromatic N) is 1. The fraction of sp³-hybridized carbons (Fsp3) is 0.412. The Morgan fingerprint density at radius 2 is 1.83 bits per heavy atom. The van der Waals surface area contributed by atoms with Crippen molar-refractivity contribution in [2.45, 2.75) is 47.8 Å². The van der Waals surface area contributed by atoms with Gasteiger partial charge < -0.3 is 4.74 Å². The summed E-state index contributed by atoms with van der Waals surface area (Å²) in [5.41, 5.74) is -3.33. The van der Waals surface area contributed by atoms with E-state index < -0.39 is 67.7 Å². The number of ether oxygens (including phenoxy) is 1. The van der Waals surface area contributed by atoms with Crippen molar-refractivity contribution in [3.63, 3.8) is 0 Å². The summed E-state index contributed by atoms with van der Waals surface area (Å²) in [7, 11) is -7.10. The first kappa shape index (κ1) is 18.2. The molecule has 1 heterocycles. The molecule has 0 unspecified atom stereocenters. The Kier molecular flexibility index (Phi) is 4.40. The SMILES string of the molecule is [2H]C([2H])([2H])O[C@@]1(C(F)(F)F)CCc2c(S(=O)(=O)Cl)cn(S(=O)(=O)c3ccc(C)cc3)c2C1. The molecule has 1 aromatic carbocycles. The summed E-state index contributed by atoms with van der Waals surface area (Å²) >= 11 is 0. The Morgan fingerprint density at radius 1 is 1.21 bits per heavy atom. The minimum absolute atomic E-state index is 0.232. The molecule has 6 nitrogen and oxygen atoms in total. The summed E-state index contributed by atoms with van der Waals surface area (Å²) in [6.07, 6.45) is -7.34. The van der Waals surface area contributed by atoms with Crippen molar-refractivity contribution < 1.29 is 38.9 Å². The number of aromatic nitrogens is 1. The summed E-state index contributed by atoms with van der Waals surface area (Å²) in [4.78, 5) is -0.964. The van der Waals surface area contributed by atoms with E-state index in [0.29, 0.717) is 15.7 Å². The van der Waals surface area contributed by atoms with Crippen LogP contribution in [0.4, 0.5) is 13.2 Å². The average Bonchev–Trinajstić information content (AvgIpc) is 2.99. The molecule has 0 N–H and O–H groups in total. The van der Waals surface area contributed by atoms with Crippen LogP contribution in [0.1, 0.15) is 27.4 Å². The van der Waals surface area contributed by atoms with Gasteiger partial charge >= 0.3 is 6.18 Å². The number of aryl methyl sites for hydroxylation is 1. The van der Waals surface area contributed by atoms with Crippen molar-refractivity contribution in [1.29, 1.82) is 0 Å². The van der Waals surface area contributed by atoms with E-state index in [0.717, 1.165) is 0 Å². The molecule has 0 spiro atoms. The van der Waals surface area contributed by atoms with Gasteiger partial charge in [0.05, 0.1) is 9.01 Å².